The number of aryl methyl sites for hydroxylation is 1. The van der Waals surface area contributed by atoms with Crippen molar-refractivity contribution in [3.8, 4) is 0 Å². The maximum absolute atomic E-state index is 11.5. The summed E-state index contributed by atoms with van der Waals surface area (Å²) < 4.78 is 1.90. The molecule has 2 heterocycles. The highest BCUT2D eigenvalue weighted by atomic mass is 16.4. The van der Waals surface area contributed by atoms with Crippen LogP contribution >= 0.6 is 0 Å². The Balaban J connectivity index is 2.32. The maximum Gasteiger partial charge on any atom is 0.352 e. The van der Waals surface area contributed by atoms with E-state index in [1.807, 2.05) is 11.5 Å². The molecule has 1 N–H and O–H groups in total. The molecule has 0 atom stereocenters. The molecule has 0 spiro atoms. The van der Waals surface area contributed by atoms with Gasteiger partial charge in [-0.3, -0.25) is 0 Å². The zero-order valence-corrected chi connectivity index (χ0v) is 10.3. The van der Waals surface area contributed by atoms with Gasteiger partial charge in [0.25, 0.3) is 0 Å². The highest BCUT2D eigenvalue weighted by Crippen LogP contribution is 2.35. The number of nitrogens with zero attached hydrogens (tertiary/aromatic N) is 3. The van der Waals surface area contributed by atoms with Gasteiger partial charge in [-0.1, -0.05) is 12.8 Å². The Bertz CT molecular complexity index is 612. The zero-order valence-electron chi connectivity index (χ0n) is 10.3. The minimum absolute atomic E-state index is 0.266. The van der Waals surface area contributed by atoms with Crippen molar-refractivity contribution in [1.82, 2.24) is 14.5 Å². The predicted molar refractivity (Wildman–Crippen MR) is 66.7 cm³/mol. The first-order valence-electron chi connectivity index (χ1n) is 6.24. The lowest BCUT2D eigenvalue weighted by Gasteiger charge is -2.15. The van der Waals surface area contributed by atoms with E-state index in [9.17, 15) is 9.90 Å². The van der Waals surface area contributed by atoms with E-state index in [0.29, 0.717) is 5.69 Å². The lowest BCUT2D eigenvalue weighted by Crippen LogP contribution is -2.14. The highest BCUT2D eigenvalue weighted by molar-refractivity contribution is 5.96. The summed E-state index contributed by atoms with van der Waals surface area (Å²) in [5, 5.41) is 10.3. The fraction of sp³-hybridized carbons (Fsp3) is 0.462. The van der Waals surface area contributed by atoms with E-state index in [-0.39, 0.29) is 6.04 Å². The third kappa shape index (κ3) is 1.50. The Labute approximate surface area is 104 Å². The Morgan fingerprint density at radius 3 is 2.83 bits per heavy atom. The number of carboxylic acids is 1. The summed E-state index contributed by atoms with van der Waals surface area (Å²) in [6.07, 6.45) is 7.58. The third-order valence-electron chi connectivity index (χ3n) is 3.81. The maximum atomic E-state index is 11.5. The van der Waals surface area contributed by atoms with Crippen molar-refractivity contribution in [3.05, 3.63) is 23.8 Å². The van der Waals surface area contributed by atoms with Crippen LogP contribution in [0.2, 0.25) is 0 Å². The minimum atomic E-state index is -0.877. The molecule has 1 fully saturated rings. The van der Waals surface area contributed by atoms with Crippen LogP contribution in [0.15, 0.2) is 12.5 Å². The van der Waals surface area contributed by atoms with E-state index in [2.05, 4.69) is 9.97 Å². The largest absolute Gasteiger partial charge is 0.477 e. The molecule has 5 nitrogen and oxygen atoms in total. The van der Waals surface area contributed by atoms with Crippen LogP contribution in [-0.4, -0.2) is 25.6 Å². The van der Waals surface area contributed by atoms with Gasteiger partial charge >= 0.3 is 5.97 Å². The highest BCUT2D eigenvalue weighted by Gasteiger charge is 2.27. The van der Waals surface area contributed by atoms with Gasteiger partial charge in [-0.05, 0) is 25.3 Å². The Kier molecular flexibility index (Phi) is 2.54. The van der Waals surface area contributed by atoms with E-state index in [1.54, 1.807) is 6.20 Å². The number of aromatic nitrogens is 3. The summed E-state index contributed by atoms with van der Waals surface area (Å²) in [6, 6.07) is 0.266. The first-order chi connectivity index (χ1) is 8.70. The lowest BCUT2D eigenvalue weighted by molar-refractivity contribution is 0.0682. The molecule has 0 aromatic carbocycles. The second-order valence-electron chi connectivity index (χ2n) is 4.85. The number of fused-ring (bicyclic) bond motifs is 1. The molecule has 0 radical (unpaired) electrons. The summed E-state index contributed by atoms with van der Waals surface area (Å²) in [5.74, 6) is -0.877. The van der Waals surface area contributed by atoms with Crippen LogP contribution in [0.1, 0.15) is 47.8 Å². The van der Waals surface area contributed by atoms with E-state index >= 15 is 0 Å². The van der Waals surface area contributed by atoms with Gasteiger partial charge in [0.2, 0.25) is 0 Å². The van der Waals surface area contributed by atoms with E-state index in [1.165, 1.54) is 6.33 Å². The van der Waals surface area contributed by atoms with Crippen molar-refractivity contribution >= 4 is 17.0 Å². The monoisotopic (exact) mass is 245 g/mol. The molecule has 0 aliphatic heterocycles. The number of carboxylic acid groups (broad SMARTS) is 1. The molecule has 1 aliphatic rings. The second-order valence-corrected chi connectivity index (χ2v) is 4.85. The van der Waals surface area contributed by atoms with Gasteiger partial charge in [-0.2, -0.15) is 0 Å². The van der Waals surface area contributed by atoms with Gasteiger partial charge in [0.05, 0.1) is 0 Å². The van der Waals surface area contributed by atoms with Crippen LogP contribution < -0.4 is 0 Å². The smallest absolute Gasteiger partial charge is 0.352 e. The molecule has 2 aromatic rings. The molecule has 0 saturated heterocycles. The normalized spacial score (nSPS) is 16.5. The molecule has 18 heavy (non-hydrogen) atoms. The molecule has 0 unspecified atom stereocenters. The summed E-state index contributed by atoms with van der Waals surface area (Å²) >= 11 is 0. The number of hydrogen-bond donors (Lipinski definition) is 1. The molecule has 2 aromatic heterocycles. The average molecular weight is 245 g/mol. The molecule has 1 saturated carbocycles. The lowest BCUT2D eigenvalue weighted by atomic mass is 10.2. The van der Waals surface area contributed by atoms with Crippen LogP contribution in [0.25, 0.3) is 11.0 Å². The van der Waals surface area contributed by atoms with E-state index in [0.717, 1.165) is 42.3 Å². The standard InChI is InChI=1S/C13H15N3O2/c1-8-10-6-14-7-15-12(10)16(11(8)13(17)18)9-4-2-3-5-9/h6-7,9H,2-5H2,1H3,(H,17,18). The van der Waals surface area contributed by atoms with E-state index < -0.39 is 5.97 Å². The van der Waals surface area contributed by atoms with Gasteiger partial charge in [0.15, 0.2) is 0 Å². The predicted octanol–water partition coefficient (Wildman–Crippen LogP) is 2.55. The fourth-order valence-electron chi connectivity index (χ4n) is 2.98. The van der Waals surface area contributed by atoms with Crippen LogP contribution in [-0.2, 0) is 0 Å². The second kappa shape index (κ2) is 4.08. The fourth-order valence-corrected chi connectivity index (χ4v) is 2.98. The van der Waals surface area contributed by atoms with Crippen molar-refractivity contribution in [2.75, 3.05) is 0 Å². The van der Waals surface area contributed by atoms with Gasteiger partial charge in [0.1, 0.15) is 17.7 Å². The first kappa shape index (κ1) is 11.2. The average Bonchev–Trinajstić information content (AvgIpc) is 2.96. The van der Waals surface area contributed by atoms with Crippen molar-refractivity contribution in [2.45, 2.75) is 38.6 Å². The van der Waals surface area contributed by atoms with Crippen molar-refractivity contribution in [1.29, 1.82) is 0 Å². The van der Waals surface area contributed by atoms with Crippen LogP contribution in [0.3, 0.4) is 0 Å². The summed E-state index contributed by atoms with van der Waals surface area (Å²) in [4.78, 5) is 19.8. The van der Waals surface area contributed by atoms with Gasteiger partial charge < -0.3 is 9.67 Å². The van der Waals surface area contributed by atoms with Crippen molar-refractivity contribution in [2.24, 2.45) is 0 Å². The molecular formula is C13H15N3O2. The van der Waals surface area contributed by atoms with Crippen LogP contribution in [0, 0.1) is 6.92 Å². The molecule has 3 rings (SSSR count). The summed E-state index contributed by atoms with van der Waals surface area (Å²) in [7, 11) is 0. The summed E-state index contributed by atoms with van der Waals surface area (Å²) in [6.45, 7) is 1.83. The SMILES string of the molecule is Cc1c(C(=O)O)n(C2CCCC2)c2ncncc12. The molecule has 94 valence electrons. The molecule has 1 aliphatic carbocycles. The van der Waals surface area contributed by atoms with E-state index in [4.69, 9.17) is 0 Å². The van der Waals surface area contributed by atoms with Gasteiger partial charge in [-0.15, -0.1) is 0 Å². The Morgan fingerprint density at radius 1 is 1.44 bits per heavy atom. The Hall–Kier alpha value is -1.91. The minimum Gasteiger partial charge on any atom is -0.477 e. The quantitative estimate of drug-likeness (QED) is 0.882. The molecular weight excluding hydrogens is 230 g/mol. The Morgan fingerprint density at radius 2 is 2.17 bits per heavy atom. The number of hydrogen-bond acceptors (Lipinski definition) is 3. The number of aromatic carboxylic acids is 1. The first-order valence-corrected chi connectivity index (χ1v) is 6.24. The van der Waals surface area contributed by atoms with Gasteiger partial charge in [0, 0.05) is 17.6 Å². The third-order valence-corrected chi connectivity index (χ3v) is 3.81. The topological polar surface area (TPSA) is 68.0 Å². The van der Waals surface area contributed by atoms with Gasteiger partial charge in [-0.25, -0.2) is 14.8 Å². The van der Waals surface area contributed by atoms with Crippen molar-refractivity contribution in [3.63, 3.8) is 0 Å². The van der Waals surface area contributed by atoms with Crippen LogP contribution in [0.4, 0.5) is 0 Å². The molecule has 0 amide bonds. The molecule has 5 heteroatoms. The molecule has 0 bridgehead atoms. The van der Waals surface area contributed by atoms with Crippen LogP contribution in [0.5, 0.6) is 0 Å². The van der Waals surface area contributed by atoms with Crippen molar-refractivity contribution < 1.29 is 9.90 Å². The zero-order chi connectivity index (χ0) is 12.7. The number of rotatable bonds is 2. The number of carbonyl (C=O) groups is 1. The summed E-state index contributed by atoms with van der Waals surface area (Å²) in [5.41, 5.74) is 1.90.